The number of amides is 2. The lowest BCUT2D eigenvalue weighted by molar-refractivity contribution is -0.142. The average molecular weight is 751 g/mol. The van der Waals surface area contributed by atoms with Gasteiger partial charge in [-0.2, -0.15) is 13.2 Å². The van der Waals surface area contributed by atoms with Crippen molar-refractivity contribution in [2.24, 2.45) is 0 Å². The second-order valence-corrected chi connectivity index (χ2v) is 14.7. The van der Waals surface area contributed by atoms with Gasteiger partial charge in [0, 0.05) is 32.0 Å². The first-order valence-electron chi connectivity index (χ1n) is 15.8. The zero-order valence-corrected chi connectivity index (χ0v) is 29.5. The number of nitrogens with one attached hydrogen (secondary N) is 2. The van der Waals surface area contributed by atoms with Crippen molar-refractivity contribution in [1.29, 1.82) is 0 Å². The van der Waals surface area contributed by atoms with Crippen LogP contribution in [0.25, 0.3) is 22.3 Å². The molecular formula is C37H33F3N4O6S2. The first-order valence-corrected chi connectivity index (χ1v) is 18.1. The number of rotatable bonds is 13. The number of hydrogen-bond donors (Lipinski definition) is 3. The maximum absolute atomic E-state index is 14.0. The summed E-state index contributed by atoms with van der Waals surface area (Å²) in [6.07, 6.45) is -4.59. The molecule has 0 radical (unpaired) electrons. The van der Waals surface area contributed by atoms with E-state index in [1.807, 2.05) is 42.5 Å². The molecular weight excluding hydrogens is 718 g/mol. The van der Waals surface area contributed by atoms with Crippen molar-refractivity contribution in [3.8, 4) is 22.3 Å². The summed E-state index contributed by atoms with van der Waals surface area (Å²) < 4.78 is 67.9. The number of carbonyl (C=O) groups is 3. The molecule has 0 spiro atoms. The van der Waals surface area contributed by atoms with E-state index in [-0.39, 0.29) is 40.1 Å². The molecule has 1 atom stereocenters. The number of halogens is 3. The van der Waals surface area contributed by atoms with Gasteiger partial charge in [0.1, 0.15) is 6.04 Å². The quantitative estimate of drug-likeness (QED) is 0.119. The highest BCUT2D eigenvalue weighted by molar-refractivity contribution is 7.91. The Balaban J connectivity index is 1.40. The van der Waals surface area contributed by atoms with Crippen LogP contribution in [0.4, 0.5) is 18.3 Å². The van der Waals surface area contributed by atoms with Crippen molar-refractivity contribution < 1.29 is 41.1 Å². The van der Waals surface area contributed by atoms with Gasteiger partial charge in [-0.05, 0) is 59.0 Å². The normalized spacial score (nSPS) is 12.2. The topological polar surface area (TPSA) is 146 Å². The van der Waals surface area contributed by atoms with E-state index < -0.39 is 45.6 Å². The summed E-state index contributed by atoms with van der Waals surface area (Å²) in [4.78, 5) is 43.4. The summed E-state index contributed by atoms with van der Waals surface area (Å²) in [6, 6.07) is 25.8. The van der Waals surface area contributed by atoms with Crippen molar-refractivity contribution in [1.82, 2.24) is 14.6 Å². The highest BCUT2D eigenvalue weighted by Gasteiger charge is 2.32. The lowest BCUT2D eigenvalue weighted by atomic mass is 9.99. The highest BCUT2D eigenvalue weighted by atomic mass is 32.2. The number of sulfonamides is 1. The molecule has 5 aromatic rings. The van der Waals surface area contributed by atoms with Crippen molar-refractivity contribution in [3.63, 3.8) is 0 Å². The van der Waals surface area contributed by atoms with Crippen LogP contribution in [0.5, 0.6) is 0 Å². The smallest absolute Gasteiger partial charge is 0.416 e. The molecule has 0 aliphatic rings. The lowest BCUT2D eigenvalue weighted by Gasteiger charge is -2.29. The van der Waals surface area contributed by atoms with Crippen molar-refractivity contribution in [2.75, 3.05) is 18.4 Å². The van der Waals surface area contributed by atoms with Crippen LogP contribution in [0, 0.1) is 6.92 Å². The van der Waals surface area contributed by atoms with Crippen LogP contribution < -0.4 is 10.0 Å². The molecule has 52 heavy (non-hydrogen) atoms. The molecule has 270 valence electrons. The molecule has 1 heterocycles. The number of carboxylic acid groups (broad SMARTS) is 1. The fourth-order valence-electron chi connectivity index (χ4n) is 5.44. The first kappa shape index (κ1) is 37.9. The number of nitrogens with zero attached hydrogens (tertiary/aromatic N) is 2. The van der Waals surface area contributed by atoms with Crippen LogP contribution in [0.15, 0.2) is 107 Å². The maximum atomic E-state index is 14.0. The van der Waals surface area contributed by atoms with E-state index >= 15 is 0 Å². The Morgan fingerprint density at radius 2 is 1.38 bits per heavy atom. The summed E-state index contributed by atoms with van der Waals surface area (Å²) in [5, 5.41) is 12.9. The molecule has 0 fully saturated rings. The number of anilines is 1. The largest absolute Gasteiger partial charge is 0.480 e. The third kappa shape index (κ3) is 9.29. The van der Waals surface area contributed by atoms with Crippen LogP contribution in [0.1, 0.15) is 34.1 Å². The highest BCUT2D eigenvalue weighted by Crippen LogP contribution is 2.31. The Labute approximate surface area is 302 Å². The third-order valence-electron chi connectivity index (χ3n) is 8.02. The summed E-state index contributed by atoms with van der Waals surface area (Å²) >= 11 is 0.747. The zero-order chi connectivity index (χ0) is 37.6. The zero-order valence-electron chi connectivity index (χ0n) is 27.8. The summed E-state index contributed by atoms with van der Waals surface area (Å²) in [7, 11) is -4.18. The van der Waals surface area contributed by atoms with E-state index in [9.17, 15) is 41.1 Å². The number of aromatic nitrogens is 1. The van der Waals surface area contributed by atoms with Crippen LogP contribution in [0.2, 0.25) is 0 Å². The van der Waals surface area contributed by atoms with Gasteiger partial charge in [0.25, 0.3) is 15.9 Å². The van der Waals surface area contributed by atoms with Crippen LogP contribution in [-0.2, 0) is 32.2 Å². The maximum Gasteiger partial charge on any atom is 0.416 e. The van der Waals surface area contributed by atoms with Crippen molar-refractivity contribution in [3.05, 3.63) is 126 Å². The second kappa shape index (κ2) is 15.9. The molecule has 0 unspecified atom stereocenters. The van der Waals surface area contributed by atoms with E-state index in [1.165, 1.54) is 50.2 Å². The number of aryl methyl sites for hydroxylation is 1. The monoisotopic (exact) mass is 750 g/mol. The molecule has 0 aliphatic heterocycles. The lowest BCUT2D eigenvalue weighted by Crippen LogP contribution is -2.49. The fraction of sp³-hybridized carbons (Fsp3) is 0.189. The van der Waals surface area contributed by atoms with E-state index in [4.69, 9.17) is 0 Å². The Kier molecular flexibility index (Phi) is 11.6. The average Bonchev–Trinajstić information content (AvgIpc) is 3.49. The van der Waals surface area contributed by atoms with E-state index in [0.717, 1.165) is 39.5 Å². The van der Waals surface area contributed by atoms with Gasteiger partial charge in [0.2, 0.25) is 5.91 Å². The van der Waals surface area contributed by atoms with Crippen LogP contribution in [-0.4, -0.2) is 60.3 Å². The fourth-order valence-corrected chi connectivity index (χ4v) is 7.97. The Hall–Kier alpha value is -5.38. The third-order valence-corrected chi connectivity index (χ3v) is 11.2. The molecule has 5 rings (SSSR count). The number of aliphatic carboxylic acids is 1. The molecule has 0 saturated carbocycles. The minimum atomic E-state index is -4.49. The summed E-state index contributed by atoms with van der Waals surface area (Å²) in [5.74, 6) is -2.45. The second-order valence-electron chi connectivity index (χ2n) is 11.7. The Morgan fingerprint density at radius 1 is 0.846 bits per heavy atom. The Bertz CT molecular complexity index is 2160. The predicted molar refractivity (Wildman–Crippen MR) is 191 cm³/mol. The van der Waals surface area contributed by atoms with Crippen molar-refractivity contribution >= 4 is 44.3 Å². The van der Waals surface area contributed by atoms with Gasteiger partial charge in [-0.25, -0.2) is 22.9 Å². The number of carbonyl (C=O) groups excluding carboxylic acids is 2. The molecule has 2 amide bonds. The summed E-state index contributed by atoms with van der Waals surface area (Å²) in [5.41, 5.74) is 2.92. The number of carboxylic acids is 1. The number of benzene rings is 4. The molecule has 1 aromatic heterocycles. The minimum Gasteiger partial charge on any atom is -0.480 e. The predicted octanol–water partition coefficient (Wildman–Crippen LogP) is 6.88. The molecule has 3 N–H and O–H groups in total. The van der Waals surface area contributed by atoms with E-state index in [2.05, 4.69) is 15.0 Å². The first-order chi connectivity index (χ1) is 24.6. The number of alkyl halides is 3. The molecule has 10 nitrogen and oxygen atoms in total. The Morgan fingerprint density at radius 3 is 1.92 bits per heavy atom. The van der Waals surface area contributed by atoms with Gasteiger partial charge in [-0.1, -0.05) is 90.2 Å². The van der Waals surface area contributed by atoms with Gasteiger partial charge < -0.3 is 15.3 Å². The minimum absolute atomic E-state index is 0.0856. The van der Waals surface area contributed by atoms with Gasteiger partial charge in [-0.3, -0.25) is 9.59 Å². The number of hydrogen-bond acceptors (Lipinski definition) is 7. The van der Waals surface area contributed by atoms with Gasteiger partial charge >= 0.3 is 12.1 Å². The SMILES string of the molecule is CC(=O)Nc1nc(C)c(S(=O)(=O)NCCN(C(=O)c2ccc(-c3ccc(C(F)(F)F)cc3)cc2)[C@@H](Cc2ccc(-c3ccccc3)cc2)C(=O)O)s1. The molecule has 0 aliphatic carbocycles. The summed E-state index contributed by atoms with van der Waals surface area (Å²) in [6.45, 7) is 2.02. The molecule has 15 heteroatoms. The molecule has 4 aromatic carbocycles. The van der Waals surface area contributed by atoms with E-state index in [0.29, 0.717) is 16.7 Å². The molecule has 0 bridgehead atoms. The standard InChI is InChI=1S/C37H33F3N4O6S2/c1-23-35(51-36(42-23)43-24(2)45)52(49,50)41-20-21-44(32(34(47)48)22-25-8-10-27(11-9-25)26-6-4-3-5-7-26)33(46)30-14-12-28(13-15-30)29-16-18-31(19-17-29)37(38,39)40/h3-19,32,41H,20-22H2,1-2H3,(H,47,48)(H,42,43,45)/t32-/m0/s1. The molecule has 0 saturated heterocycles. The van der Waals surface area contributed by atoms with Crippen LogP contribution in [0.3, 0.4) is 0 Å². The number of thiazole rings is 1. The van der Waals surface area contributed by atoms with E-state index in [1.54, 1.807) is 12.1 Å². The van der Waals surface area contributed by atoms with Gasteiger partial charge in [0.15, 0.2) is 9.34 Å². The van der Waals surface area contributed by atoms with Gasteiger partial charge in [-0.15, -0.1) is 0 Å². The van der Waals surface area contributed by atoms with Gasteiger partial charge in [0.05, 0.1) is 11.3 Å². The van der Waals surface area contributed by atoms with Crippen LogP contribution >= 0.6 is 11.3 Å². The van der Waals surface area contributed by atoms with Crippen molar-refractivity contribution in [2.45, 2.75) is 36.7 Å².